The first-order valence-electron chi connectivity index (χ1n) is 8.82. The quantitative estimate of drug-likeness (QED) is 0.790. The molecule has 3 rings (SSSR count). The van der Waals surface area contributed by atoms with Crippen molar-refractivity contribution in [3.05, 3.63) is 12.7 Å². The van der Waals surface area contributed by atoms with Crippen LogP contribution in [0.1, 0.15) is 44.9 Å². The summed E-state index contributed by atoms with van der Waals surface area (Å²) in [5, 5.41) is 9.31. The van der Waals surface area contributed by atoms with Gasteiger partial charge in [0, 0.05) is 19.7 Å². The molecule has 0 aromatic carbocycles. The first-order valence-corrected chi connectivity index (χ1v) is 8.82. The molecule has 1 aliphatic carbocycles. The highest BCUT2D eigenvalue weighted by Gasteiger charge is 2.47. The zero-order chi connectivity index (χ0) is 16.4. The third kappa shape index (κ3) is 3.03. The smallest absolute Gasteiger partial charge is 0.309 e. The number of carbonyl (C=O) groups is 2. The Hall–Kier alpha value is -1.36. The third-order valence-corrected chi connectivity index (χ3v) is 6.04. The van der Waals surface area contributed by atoms with E-state index < -0.39 is 5.97 Å². The molecule has 3 aliphatic rings. The van der Waals surface area contributed by atoms with Crippen LogP contribution in [-0.2, 0) is 14.3 Å². The van der Waals surface area contributed by atoms with E-state index in [0.29, 0.717) is 13.0 Å². The lowest BCUT2D eigenvalue weighted by molar-refractivity contribution is -0.151. The average Bonchev–Trinajstić information content (AvgIpc) is 3.00. The zero-order valence-electron chi connectivity index (χ0n) is 13.7. The number of carbonyl (C=O) groups excluding carboxylic acids is 1. The van der Waals surface area contributed by atoms with Crippen LogP contribution in [0, 0.1) is 17.3 Å². The lowest BCUT2D eigenvalue weighted by Gasteiger charge is -2.45. The second-order valence-corrected chi connectivity index (χ2v) is 7.33. The van der Waals surface area contributed by atoms with Gasteiger partial charge in [0.25, 0.3) is 0 Å². The molecular formula is C18H27NO4. The molecule has 1 saturated carbocycles. The Balaban J connectivity index is 1.57. The summed E-state index contributed by atoms with van der Waals surface area (Å²) in [6, 6.07) is 0. The number of amides is 1. The van der Waals surface area contributed by atoms with Gasteiger partial charge in [0.15, 0.2) is 0 Å². The highest BCUT2D eigenvalue weighted by Crippen LogP contribution is 2.46. The molecule has 2 heterocycles. The van der Waals surface area contributed by atoms with Crippen LogP contribution in [0.5, 0.6) is 0 Å². The maximum Gasteiger partial charge on any atom is 0.309 e. The van der Waals surface area contributed by atoms with Gasteiger partial charge in [0.1, 0.15) is 0 Å². The Labute approximate surface area is 137 Å². The van der Waals surface area contributed by atoms with E-state index in [1.807, 2.05) is 11.0 Å². The highest BCUT2D eigenvalue weighted by atomic mass is 16.5. The number of hydrogen-bond acceptors (Lipinski definition) is 3. The number of likely N-dealkylation sites (tertiary alicyclic amines) is 1. The van der Waals surface area contributed by atoms with Crippen LogP contribution >= 0.6 is 0 Å². The van der Waals surface area contributed by atoms with Crippen molar-refractivity contribution in [1.29, 1.82) is 0 Å². The second-order valence-electron chi connectivity index (χ2n) is 7.33. The molecule has 0 aromatic rings. The van der Waals surface area contributed by atoms with Crippen molar-refractivity contribution in [2.75, 3.05) is 19.7 Å². The van der Waals surface area contributed by atoms with Crippen LogP contribution in [0.2, 0.25) is 0 Å². The molecule has 2 atom stereocenters. The minimum Gasteiger partial charge on any atom is -0.481 e. The normalized spacial score (nSPS) is 30.7. The van der Waals surface area contributed by atoms with Gasteiger partial charge in [-0.25, -0.2) is 0 Å². The molecule has 0 radical (unpaired) electrons. The Morgan fingerprint density at radius 2 is 1.96 bits per heavy atom. The number of allylic oxidation sites excluding steroid dienone is 1. The summed E-state index contributed by atoms with van der Waals surface area (Å²) in [5.41, 5.74) is -0.192. The van der Waals surface area contributed by atoms with Crippen molar-refractivity contribution in [2.45, 2.75) is 51.0 Å². The Bertz CT molecular complexity index is 477. The molecule has 5 nitrogen and oxygen atoms in total. The first-order chi connectivity index (χ1) is 11.1. The van der Waals surface area contributed by atoms with E-state index in [1.165, 1.54) is 0 Å². The Kier molecular flexibility index (Phi) is 4.76. The number of carboxylic acids is 1. The molecule has 3 fully saturated rings. The van der Waals surface area contributed by atoms with E-state index in [-0.39, 0.29) is 29.3 Å². The minimum atomic E-state index is -0.745. The van der Waals surface area contributed by atoms with Gasteiger partial charge < -0.3 is 14.7 Å². The molecule has 5 heteroatoms. The molecule has 2 aliphatic heterocycles. The molecule has 0 bridgehead atoms. The number of hydrogen-bond donors (Lipinski definition) is 1. The van der Waals surface area contributed by atoms with Gasteiger partial charge in [-0.2, -0.15) is 0 Å². The molecule has 128 valence electrons. The summed E-state index contributed by atoms with van der Waals surface area (Å²) in [7, 11) is 0. The van der Waals surface area contributed by atoms with Crippen LogP contribution < -0.4 is 0 Å². The number of nitrogens with zero attached hydrogens (tertiary/aromatic N) is 1. The average molecular weight is 321 g/mol. The van der Waals surface area contributed by atoms with Crippen molar-refractivity contribution in [1.82, 2.24) is 4.90 Å². The maximum atomic E-state index is 12.8. The van der Waals surface area contributed by atoms with E-state index in [2.05, 4.69) is 6.58 Å². The van der Waals surface area contributed by atoms with Crippen molar-refractivity contribution < 1.29 is 19.4 Å². The molecule has 0 spiro atoms. The van der Waals surface area contributed by atoms with Crippen LogP contribution in [0.25, 0.3) is 0 Å². The van der Waals surface area contributed by atoms with Gasteiger partial charge >= 0.3 is 5.97 Å². The molecule has 0 aromatic heterocycles. The summed E-state index contributed by atoms with van der Waals surface area (Å²) in [6.07, 6.45) is 7.87. The second kappa shape index (κ2) is 6.63. The summed E-state index contributed by atoms with van der Waals surface area (Å²) < 4.78 is 5.70. The summed E-state index contributed by atoms with van der Waals surface area (Å²) >= 11 is 0. The SMILES string of the molecule is C=CCC1(C(=O)N2CCC([C@@H]3OCC[C@H]3C(=O)O)CC2)CCC1. The summed E-state index contributed by atoms with van der Waals surface area (Å²) in [6.45, 7) is 5.81. The maximum absolute atomic E-state index is 12.8. The lowest BCUT2D eigenvalue weighted by Crippen LogP contribution is -2.51. The van der Waals surface area contributed by atoms with Gasteiger partial charge in [-0.15, -0.1) is 6.58 Å². The van der Waals surface area contributed by atoms with E-state index in [9.17, 15) is 14.7 Å². The van der Waals surface area contributed by atoms with Gasteiger partial charge in [-0.1, -0.05) is 12.5 Å². The number of ether oxygens (including phenoxy) is 1. The summed E-state index contributed by atoms with van der Waals surface area (Å²) in [5.74, 6) is -0.574. The van der Waals surface area contributed by atoms with Crippen molar-refractivity contribution >= 4 is 11.9 Å². The van der Waals surface area contributed by atoms with Gasteiger partial charge in [-0.3, -0.25) is 9.59 Å². The van der Waals surface area contributed by atoms with E-state index >= 15 is 0 Å². The third-order valence-electron chi connectivity index (χ3n) is 6.04. The van der Waals surface area contributed by atoms with Crippen molar-refractivity contribution in [3.63, 3.8) is 0 Å². The Morgan fingerprint density at radius 1 is 1.26 bits per heavy atom. The Morgan fingerprint density at radius 3 is 2.48 bits per heavy atom. The fourth-order valence-electron chi connectivity index (χ4n) is 4.49. The first kappa shape index (κ1) is 16.5. The number of rotatable bonds is 5. The number of piperidine rings is 1. The minimum absolute atomic E-state index is 0.171. The van der Waals surface area contributed by atoms with Gasteiger partial charge in [0.2, 0.25) is 5.91 Å². The molecule has 23 heavy (non-hydrogen) atoms. The molecule has 0 unspecified atom stereocenters. The molecule has 1 N–H and O–H groups in total. The topological polar surface area (TPSA) is 66.8 Å². The van der Waals surface area contributed by atoms with E-state index in [1.54, 1.807) is 0 Å². The van der Waals surface area contributed by atoms with Gasteiger partial charge in [0.05, 0.1) is 17.4 Å². The zero-order valence-corrected chi connectivity index (χ0v) is 13.7. The fraction of sp³-hybridized carbons (Fsp3) is 0.778. The van der Waals surface area contributed by atoms with Crippen molar-refractivity contribution in [2.24, 2.45) is 17.3 Å². The molecule has 1 amide bonds. The highest BCUT2D eigenvalue weighted by molar-refractivity contribution is 5.84. The monoisotopic (exact) mass is 321 g/mol. The number of carboxylic acid groups (broad SMARTS) is 1. The van der Waals surface area contributed by atoms with Crippen LogP contribution in [-0.4, -0.2) is 47.7 Å². The standard InChI is InChI=1S/C18H27NO4/c1-2-7-18(8-3-9-18)17(22)19-10-4-13(5-11-19)15-14(16(20)21)6-12-23-15/h2,13-15H,1,3-12H2,(H,20,21)/t14-,15+/m1/s1. The van der Waals surface area contributed by atoms with E-state index in [0.717, 1.165) is 51.6 Å². The molecular weight excluding hydrogens is 294 g/mol. The fourth-order valence-corrected chi connectivity index (χ4v) is 4.49. The lowest BCUT2D eigenvalue weighted by atomic mass is 9.65. The molecule has 2 saturated heterocycles. The van der Waals surface area contributed by atoms with Crippen LogP contribution in [0.3, 0.4) is 0 Å². The summed E-state index contributed by atoms with van der Waals surface area (Å²) in [4.78, 5) is 26.2. The largest absolute Gasteiger partial charge is 0.481 e. The van der Waals surface area contributed by atoms with E-state index in [4.69, 9.17) is 4.74 Å². The van der Waals surface area contributed by atoms with Crippen molar-refractivity contribution in [3.8, 4) is 0 Å². The number of aliphatic carboxylic acids is 1. The van der Waals surface area contributed by atoms with Crippen LogP contribution in [0.15, 0.2) is 12.7 Å². The predicted molar refractivity (Wildman–Crippen MR) is 85.9 cm³/mol. The van der Waals surface area contributed by atoms with Gasteiger partial charge in [-0.05, 0) is 44.4 Å². The predicted octanol–water partition coefficient (Wildman–Crippen LogP) is 2.46. The van der Waals surface area contributed by atoms with Crippen LogP contribution in [0.4, 0.5) is 0 Å².